The minimum absolute atomic E-state index is 0.0239. The summed E-state index contributed by atoms with van der Waals surface area (Å²) in [5.74, 6) is 1.78. The van der Waals surface area contributed by atoms with E-state index in [4.69, 9.17) is 9.72 Å². The molecule has 0 aliphatic carbocycles. The SMILES string of the molecule is COc1ccc2cc1CN(C)CCCC(=O)[C@H]1CCCN1Cc1cccc(c1)Nc1nccc-2n1. The van der Waals surface area contributed by atoms with E-state index in [1.54, 1.807) is 13.3 Å². The van der Waals surface area contributed by atoms with Crippen LogP contribution in [0, 0.1) is 0 Å². The molecule has 182 valence electrons. The number of ketones is 1. The standard InChI is InChI=1S/C28H33N5O2/c1-32-14-5-9-26(34)25-8-4-15-33(25)18-20-6-3-7-23(16-20)30-28-29-13-12-24(31-28)21-10-11-27(35-2)22(17-21)19-32/h3,6-7,10-13,16-17,25H,4-5,8-9,14-15,18-19H2,1-2H3,(H,29,30,31)/t25-/m1/s1. The van der Waals surface area contributed by atoms with Gasteiger partial charge in [0.2, 0.25) is 5.95 Å². The van der Waals surface area contributed by atoms with Crippen molar-refractivity contribution in [3.05, 3.63) is 65.9 Å². The van der Waals surface area contributed by atoms with Crippen LogP contribution in [-0.2, 0) is 17.9 Å². The first-order valence-electron chi connectivity index (χ1n) is 12.4. The molecule has 0 unspecified atom stereocenters. The van der Waals surface area contributed by atoms with Crippen LogP contribution in [-0.4, -0.2) is 58.8 Å². The second-order valence-electron chi connectivity index (χ2n) is 9.55. The fraction of sp³-hybridized carbons (Fsp3) is 0.393. The molecule has 1 aromatic heterocycles. The van der Waals surface area contributed by atoms with E-state index in [0.717, 1.165) is 73.7 Å². The van der Waals surface area contributed by atoms with Crippen LogP contribution in [0.5, 0.6) is 5.75 Å². The van der Waals surface area contributed by atoms with Gasteiger partial charge in [-0.1, -0.05) is 12.1 Å². The third-order valence-electron chi connectivity index (χ3n) is 6.94. The molecule has 35 heavy (non-hydrogen) atoms. The topological polar surface area (TPSA) is 70.6 Å². The summed E-state index contributed by atoms with van der Waals surface area (Å²) in [6, 6.07) is 16.4. The first kappa shape index (κ1) is 23.5. The zero-order valence-corrected chi connectivity index (χ0v) is 20.5. The second-order valence-corrected chi connectivity index (χ2v) is 9.55. The van der Waals surface area contributed by atoms with Gasteiger partial charge in [0.1, 0.15) is 11.5 Å². The van der Waals surface area contributed by atoms with Gasteiger partial charge in [0.15, 0.2) is 0 Å². The molecule has 0 spiro atoms. The Hall–Kier alpha value is -3.29. The molecule has 0 radical (unpaired) electrons. The smallest absolute Gasteiger partial charge is 0.227 e. The highest BCUT2D eigenvalue weighted by Gasteiger charge is 2.30. The van der Waals surface area contributed by atoms with Crippen LogP contribution in [0.1, 0.15) is 36.8 Å². The summed E-state index contributed by atoms with van der Waals surface area (Å²) >= 11 is 0. The van der Waals surface area contributed by atoms with Crippen LogP contribution < -0.4 is 10.1 Å². The number of Topliss-reactive ketones (excluding diaryl/α,β-unsaturated/α-hetero) is 1. The quantitative estimate of drug-likeness (QED) is 0.554. The highest BCUT2D eigenvalue weighted by Crippen LogP contribution is 2.28. The van der Waals surface area contributed by atoms with Gasteiger partial charge in [-0.15, -0.1) is 0 Å². The molecule has 2 aromatic carbocycles. The summed E-state index contributed by atoms with van der Waals surface area (Å²) in [6.45, 7) is 3.34. The van der Waals surface area contributed by atoms with Gasteiger partial charge in [0.05, 0.1) is 18.8 Å². The third-order valence-corrected chi connectivity index (χ3v) is 6.94. The number of hydrogen-bond donors (Lipinski definition) is 1. The second kappa shape index (κ2) is 10.5. The maximum absolute atomic E-state index is 13.1. The van der Waals surface area contributed by atoms with Gasteiger partial charge in [-0.3, -0.25) is 9.69 Å². The molecule has 1 saturated heterocycles. The molecule has 3 heterocycles. The largest absolute Gasteiger partial charge is 0.496 e. The number of rotatable bonds is 1. The Kier molecular flexibility index (Phi) is 7.06. The van der Waals surface area contributed by atoms with Crippen LogP contribution in [0.3, 0.4) is 0 Å². The van der Waals surface area contributed by atoms with E-state index in [0.29, 0.717) is 18.2 Å². The third kappa shape index (κ3) is 5.52. The van der Waals surface area contributed by atoms with E-state index in [9.17, 15) is 4.79 Å². The highest BCUT2D eigenvalue weighted by atomic mass is 16.5. The molecule has 7 heteroatoms. The maximum atomic E-state index is 13.1. The number of carbonyl (C=O) groups is 1. The van der Waals surface area contributed by atoms with E-state index < -0.39 is 0 Å². The number of fused-ring (bicyclic) bond motifs is 8. The Morgan fingerprint density at radius 1 is 1.06 bits per heavy atom. The van der Waals surface area contributed by atoms with Gasteiger partial charge >= 0.3 is 0 Å². The van der Waals surface area contributed by atoms with Gasteiger partial charge in [-0.2, -0.15) is 0 Å². The summed E-state index contributed by atoms with van der Waals surface area (Å²) in [7, 11) is 3.80. The Balaban J connectivity index is 1.49. The molecular weight excluding hydrogens is 438 g/mol. The number of aromatic nitrogens is 2. The first-order chi connectivity index (χ1) is 17.1. The number of ether oxygens (including phenoxy) is 1. The van der Waals surface area contributed by atoms with Crippen LogP contribution in [0.4, 0.5) is 11.6 Å². The Morgan fingerprint density at radius 3 is 2.86 bits per heavy atom. The Bertz CT molecular complexity index is 1200. The first-order valence-corrected chi connectivity index (χ1v) is 12.4. The predicted molar refractivity (Wildman–Crippen MR) is 138 cm³/mol. The van der Waals surface area contributed by atoms with Crippen molar-refractivity contribution < 1.29 is 9.53 Å². The van der Waals surface area contributed by atoms with Crippen molar-refractivity contribution in [1.82, 2.24) is 19.8 Å². The lowest BCUT2D eigenvalue weighted by Crippen LogP contribution is -2.36. The summed E-state index contributed by atoms with van der Waals surface area (Å²) in [5, 5.41) is 3.36. The molecule has 2 aliphatic rings. The average Bonchev–Trinajstić information content (AvgIpc) is 3.32. The summed E-state index contributed by atoms with van der Waals surface area (Å²) in [5.41, 5.74) is 5.09. The maximum Gasteiger partial charge on any atom is 0.227 e. The van der Waals surface area contributed by atoms with E-state index in [1.807, 2.05) is 30.3 Å². The number of nitrogens with one attached hydrogen (secondary N) is 1. The van der Waals surface area contributed by atoms with Gasteiger partial charge in [-0.25, -0.2) is 9.97 Å². The highest BCUT2D eigenvalue weighted by molar-refractivity contribution is 5.84. The lowest BCUT2D eigenvalue weighted by Gasteiger charge is -2.24. The van der Waals surface area contributed by atoms with E-state index in [-0.39, 0.29) is 6.04 Å². The Morgan fingerprint density at radius 2 is 1.97 bits per heavy atom. The van der Waals surface area contributed by atoms with Crippen molar-refractivity contribution in [2.75, 3.05) is 32.6 Å². The zero-order valence-electron chi connectivity index (χ0n) is 20.5. The molecule has 1 N–H and O–H groups in total. The Labute approximate surface area is 207 Å². The molecule has 0 amide bonds. The number of anilines is 2. The van der Waals surface area contributed by atoms with E-state index in [1.165, 1.54) is 5.56 Å². The minimum atomic E-state index is 0.0239. The summed E-state index contributed by atoms with van der Waals surface area (Å²) in [6.07, 6.45) is 5.29. The summed E-state index contributed by atoms with van der Waals surface area (Å²) in [4.78, 5) is 26.9. The molecular formula is C28H33N5O2. The van der Waals surface area contributed by atoms with Crippen molar-refractivity contribution in [2.45, 2.75) is 44.8 Å². The van der Waals surface area contributed by atoms with Crippen molar-refractivity contribution in [3.63, 3.8) is 0 Å². The molecule has 7 nitrogen and oxygen atoms in total. The van der Waals surface area contributed by atoms with Gasteiger partial charge in [-0.05, 0) is 81.4 Å². The number of benzene rings is 2. The van der Waals surface area contributed by atoms with E-state index in [2.05, 4.69) is 45.3 Å². The van der Waals surface area contributed by atoms with Crippen LogP contribution in [0.15, 0.2) is 54.7 Å². The number of carbonyl (C=O) groups excluding carboxylic acids is 1. The van der Waals surface area contributed by atoms with E-state index >= 15 is 0 Å². The van der Waals surface area contributed by atoms with Crippen molar-refractivity contribution in [3.8, 4) is 17.0 Å². The van der Waals surface area contributed by atoms with Gasteiger partial charge in [0.25, 0.3) is 0 Å². The number of methoxy groups -OCH3 is 1. The molecule has 1 atom stereocenters. The van der Waals surface area contributed by atoms with Crippen molar-refractivity contribution in [1.29, 1.82) is 0 Å². The number of nitrogens with zero attached hydrogens (tertiary/aromatic N) is 4. The van der Waals surface area contributed by atoms with Crippen LogP contribution in [0.2, 0.25) is 0 Å². The van der Waals surface area contributed by atoms with Crippen LogP contribution >= 0.6 is 0 Å². The normalized spacial score (nSPS) is 19.7. The van der Waals surface area contributed by atoms with Crippen LogP contribution in [0.25, 0.3) is 11.3 Å². The lowest BCUT2D eigenvalue weighted by atomic mass is 10.0. The average molecular weight is 472 g/mol. The molecule has 5 rings (SSSR count). The van der Waals surface area contributed by atoms with Crippen molar-refractivity contribution in [2.24, 2.45) is 0 Å². The fourth-order valence-electron chi connectivity index (χ4n) is 5.19. The number of hydrogen-bond acceptors (Lipinski definition) is 7. The predicted octanol–water partition coefficient (Wildman–Crippen LogP) is 4.65. The molecule has 1 fully saturated rings. The van der Waals surface area contributed by atoms with Crippen molar-refractivity contribution >= 4 is 17.4 Å². The van der Waals surface area contributed by atoms with Gasteiger partial charge in [0, 0.05) is 42.5 Å². The molecule has 6 bridgehead atoms. The molecule has 3 aromatic rings. The molecule has 2 aliphatic heterocycles. The zero-order chi connectivity index (χ0) is 24.2. The fourth-order valence-corrected chi connectivity index (χ4v) is 5.19. The summed E-state index contributed by atoms with van der Waals surface area (Å²) < 4.78 is 5.64. The monoisotopic (exact) mass is 471 g/mol. The lowest BCUT2D eigenvalue weighted by molar-refractivity contribution is -0.123. The van der Waals surface area contributed by atoms with Gasteiger partial charge < -0.3 is 15.0 Å². The minimum Gasteiger partial charge on any atom is -0.496 e. The molecule has 0 saturated carbocycles.